The molecule has 0 bridgehead atoms. The average Bonchev–Trinajstić information content (AvgIpc) is 2.25. The number of nitrogens with two attached hydrogens (primary N) is 1. The van der Waals surface area contributed by atoms with Gasteiger partial charge in [0.15, 0.2) is 0 Å². The Balaban J connectivity index is 2.34. The van der Waals surface area contributed by atoms with Crippen LogP contribution < -0.4 is 11.3 Å². The van der Waals surface area contributed by atoms with Gasteiger partial charge in [0.25, 0.3) is 5.56 Å². The van der Waals surface area contributed by atoms with E-state index in [1.165, 1.54) is 16.9 Å². The molecule has 2 N–H and O–H groups in total. The molecule has 0 saturated carbocycles. The summed E-state index contributed by atoms with van der Waals surface area (Å²) in [6.07, 6.45) is 1.50. The number of hydrogen-bond donors (Lipinski definition) is 1. The Morgan fingerprint density at radius 1 is 1.38 bits per heavy atom. The first-order chi connectivity index (χ1) is 7.66. The standard InChI is InChI=1S/C11H10ClN3O/c12-9-3-1-2-8(6-9)7-15-11(16)10(13)4-5-14-15/h1-6H,7,13H2. The molecule has 1 heterocycles. The van der Waals surface area contributed by atoms with Crippen LogP contribution in [0.25, 0.3) is 0 Å². The van der Waals surface area contributed by atoms with Crippen molar-refractivity contribution in [1.29, 1.82) is 0 Å². The Hall–Kier alpha value is -1.81. The molecule has 0 aliphatic heterocycles. The molecule has 0 radical (unpaired) electrons. The van der Waals surface area contributed by atoms with Crippen molar-refractivity contribution in [2.75, 3.05) is 5.73 Å². The van der Waals surface area contributed by atoms with E-state index in [1.54, 1.807) is 12.1 Å². The van der Waals surface area contributed by atoms with Crippen molar-refractivity contribution >= 4 is 17.3 Å². The fourth-order valence-corrected chi connectivity index (χ4v) is 1.60. The SMILES string of the molecule is Nc1ccnn(Cc2cccc(Cl)c2)c1=O. The molecule has 0 fully saturated rings. The van der Waals surface area contributed by atoms with Gasteiger partial charge in [0.05, 0.1) is 6.54 Å². The van der Waals surface area contributed by atoms with Crippen LogP contribution in [0, 0.1) is 0 Å². The lowest BCUT2D eigenvalue weighted by molar-refractivity contribution is 0.641. The maximum Gasteiger partial charge on any atom is 0.290 e. The normalized spacial score (nSPS) is 10.3. The number of benzene rings is 1. The quantitative estimate of drug-likeness (QED) is 0.859. The molecule has 0 aliphatic rings. The minimum atomic E-state index is -0.289. The second kappa shape index (κ2) is 4.37. The van der Waals surface area contributed by atoms with Crippen LogP contribution in [-0.2, 0) is 6.54 Å². The number of nitrogen functional groups attached to an aromatic ring is 1. The average molecular weight is 236 g/mol. The van der Waals surface area contributed by atoms with Crippen molar-refractivity contribution in [1.82, 2.24) is 9.78 Å². The highest BCUT2D eigenvalue weighted by Gasteiger charge is 2.02. The van der Waals surface area contributed by atoms with Crippen molar-refractivity contribution in [3.8, 4) is 0 Å². The van der Waals surface area contributed by atoms with Gasteiger partial charge in [0.2, 0.25) is 0 Å². The molecular formula is C11H10ClN3O. The highest BCUT2D eigenvalue weighted by molar-refractivity contribution is 6.30. The molecule has 0 aliphatic carbocycles. The van der Waals surface area contributed by atoms with Gasteiger partial charge in [-0.25, -0.2) is 4.68 Å². The zero-order valence-corrected chi connectivity index (χ0v) is 9.19. The molecule has 0 spiro atoms. The van der Waals surface area contributed by atoms with Gasteiger partial charge in [-0.2, -0.15) is 5.10 Å². The summed E-state index contributed by atoms with van der Waals surface area (Å²) in [7, 11) is 0. The van der Waals surface area contributed by atoms with Crippen LogP contribution in [0.1, 0.15) is 5.56 Å². The largest absolute Gasteiger partial charge is 0.394 e. The zero-order valence-electron chi connectivity index (χ0n) is 8.43. The number of hydrogen-bond acceptors (Lipinski definition) is 3. The second-order valence-corrected chi connectivity index (χ2v) is 3.82. The lowest BCUT2D eigenvalue weighted by atomic mass is 10.2. The number of aromatic nitrogens is 2. The van der Waals surface area contributed by atoms with Crippen molar-refractivity contribution < 1.29 is 0 Å². The van der Waals surface area contributed by atoms with Gasteiger partial charge in [0.1, 0.15) is 5.69 Å². The van der Waals surface area contributed by atoms with E-state index in [0.29, 0.717) is 11.6 Å². The van der Waals surface area contributed by atoms with Crippen LogP contribution in [0.15, 0.2) is 41.3 Å². The third kappa shape index (κ3) is 2.23. The van der Waals surface area contributed by atoms with Crippen molar-refractivity contribution in [2.45, 2.75) is 6.54 Å². The van der Waals surface area contributed by atoms with Crippen LogP contribution in [0.2, 0.25) is 5.02 Å². The Bertz CT molecular complexity index is 565. The summed E-state index contributed by atoms with van der Waals surface area (Å²) in [5.74, 6) is 0. The molecule has 4 nitrogen and oxygen atoms in total. The van der Waals surface area contributed by atoms with Gasteiger partial charge in [-0.15, -0.1) is 0 Å². The molecule has 5 heteroatoms. The molecule has 0 amide bonds. The first-order valence-electron chi connectivity index (χ1n) is 4.73. The third-order valence-electron chi connectivity index (χ3n) is 2.16. The first-order valence-corrected chi connectivity index (χ1v) is 5.10. The molecule has 82 valence electrons. The molecule has 1 aromatic carbocycles. The van der Waals surface area contributed by atoms with Crippen LogP contribution in [0.3, 0.4) is 0 Å². The maximum absolute atomic E-state index is 11.6. The van der Waals surface area contributed by atoms with E-state index < -0.39 is 0 Å². The summed E-state index contributed by atoms with van der Waals surface area (Å²) >= 11 is 5.85. The second-order valence-electron chi connectivity index (χ2n) is 3.38. The Labute approximate surface area is 97.3 Å². The summed E-state index contributed by atoms with van der Waals surface area (Å²) in [5.41, 5.74) is 6.32. The fraction of sp³-hybridized carbons (Fsp3) is 0.0909. The lowest BCUT2D eigenvalue weighted by Crippen LogP contribution is -2.25. The van der Waals surface area contributed by atoms with Gasteiger partial charge in [0, 0.05) is 11.2 Å². The Kier molecular flexibility index (Phi) is 2.92. The fourth-order valence-electron chi connectivity index (χ4n) is 1.39. The van der Waals surface area contributed by atoms with Crippen LogP contribution >= 0.6 is 11.6 Å². The van der Waals surface area contributed by atoms with Gasteiger partial charge in [-0.1, -0.05) is 23.7 Å². The molecule has 0 saturated heterocycles. The summed E-state index contributed by atoms with van der Waals surface area (Å²) in [5, 5.41) is 4.58. The summed E-state index contributed by atoms with van der Waals surface area (Å²) in [4.78, 5) is 11.6. The van der Waals surface area contributed by atoms with E-state index >= 15 is 0 Å². The highest BCUT2D eigenvalue weighted by Crippen LogP contribution is 2.10. The van der Waals surface area contributed by atoms with Crippen LogP contribution in [-0.4, -0.2) is 9.78 Å². The molecule has 0 unspecified atom stereocenters. The van der Waals surface area contributed by atoms with Crippen molar-refractivity contribution in [3.05, 3.63) is 57.5 Å². The van der Waals surface area contributed by atoms with Crippen LogP contribution in [0.4, 0.5) is 5.69 Å². The predicted molar refractivity (Wildman–Crippen MR) is 63.5 cm³/mol. The van der Waals surface area contributed by atoms with Crippen LogP contribution in [0.5, 0.6) is 0 Å². The number of nitrogens with zero attached hydrogens (tertiary/aromatic N) is 2. The summed E-state index contributed by atoms with van der Waals surface area (Å²) < 4.78 is 1.31. The molecular weight excluding hydrogens is 226 g/mol. The van der Waals surface area contributed by atoms with E-state index in [-0.39, 0.29) is 11.2 Å². The van der Waals surface area contributed by atoms with Gasteiger partial charge in [-0.05, 0) is 23.8 Å². The van der Waals surface area contributed by atoms with Crippen molar-refractivity contribution in [3.63, 3.8) is 0 Å². The zero-order chi connectivity index (χ0) is 11.5. The Morgan fingerprint density at radius 2 is 2.19 bits per heavy atom. The molecule has 2 rings (SSSR count). The number of rotatable bonds is 2. The van der Waals surface area contributed by atoms with E-state index in [1.807, 2.05) is 12.1 Å². The summed E-state index contributed by atoms with van der Waals surface area (Å²) in [6.45, 7) is 0.366. The molecule has 0 atom stereocenters. The van der Waals surface area contributed by atoms with E-state index in [0.717, 1.165) is 5.56 Å². The summed E-state index contributed by atoms with van der Waals surface area (Å²) in [6, 6.07) is 8.76. The predicted octanol–water partition coefficient (Wildman–Crippen LogP) is 1.53. The molecule has 1 aromatic heterocycles. The van der Waals surface area contributed by atoms with E-state index in [9.17, 15) is 4.79 Å². The first kappa shape index (κ1) is 10.7. The smallest absolute Gasteiger partial charge is 0.290 e. The Morgan fingerprint density at radius 3 is 2.94 bits per heavy atom. The molecule has 16 heavy (non-hydrogen) atoms. The van der Waals surface area contributed by atoms with E-state index in [4.69, 9.17) is 17.3 Å². The van der Waals surface area contributed by atoms with E-state index in [2.05, 4.69) is 5.10 Å². The van der Waals surface area contributed by atoms with Gasteiger partial charge in [-0.3, -0.25) is 4.79 Å². The van der Waals surface area contributed by atoms with Crippen molar-refractivity contribution in [2.24, 2.45) is 0 Å². The lowest BCUT2D eigenvalue weighted by Gasteiger charge is -2.05. The number of anilines is 1. The monoisotopic (exact) mass is 235 g/mol. The van der Waals surface area contributed by atoms with Gasteiger partial charge < -0.3 is 5.73 Å². The minimum Gasteiger partial charge on any atom is -0.394 e. The maximum atomic E-state index is 11.6. The highest BCUT2D eigenvalue weighted by atomic mass is 35.5. The molecule has 2 aromatic rings. The number of halogens is 1. The third-order valence-corrected chi connectivity index (χ3v) is 2.40. The topological polar surface area (TPSA) is 60.9 Å². The minimum absolute atomic E-state index is 0.192. The van der Waals surface area contributed by atoms with Gasteiger partial charge >= 0.3 is 0 Å².